The molecular formula is C13H17ClO6. The molecule has 20 heavy (non-hydrogen) atoms. The molecule has 1 unspecified atom stereocenters. The van der Waals surface area contributed by atoms with Crippen LogP contribution in [0.5, 0.6) is 0 Å². The lowest BCUT2D eigenvalue weighted by Gasteiger charge is -2.40. The predicted molar refractivity (Wildman–Crippen MR) is 70.1 cm³/mol. The fourth-order valence-electron chi connectivity index (χ4n) is 2.09. The summed E-state index contributed by atoms with van der Waals surface area (Å²) in [6, 6.07) is 6.82. The summed E-state index contributed by atoms with van der Waals surface area (Å²) in [5, 5.41) is 38.3. The minimum Gasteiger partial charge on any atom is -0.394 e. The molecule has 2 rings (SSSR count). The first-order valence-corrected chi connectivity index (χ1v) is 6.59. The second-order valence-corrected chi connectivity index (χ2v) is 4.96. The molecule has 0 aliphatic carbocycles. The van der Waals surface area contributed by atoms with E-state index in [2.05, 4.69) is 0 Å². The zero-order valence-corrected chi connectivity index (χ0v) is 11.3. The average molecular weight is 305 g/mol. The van der Waals surface area contributed by atoms with E-state index in [9.17, 15) is 15.3 Å². The van der Waals surface area contributed by atoms with Crippen LogP contribution in [-0.2, 0) is 9.47 Å². The van der Waals surface area contributed by atoms with Crippen molar-refractivity contribution in [3.05, 3.63) is 34.9 Å². The Balaban J connectivity index is 2.25. The highest BCUT2D eigenvalue weighted by Crippen LogP contribution is 2.34. The van der Waals surface area contributed by atoms with Crippen LogP contribution in [0.15, 0.2) is 24.3 Å². The van der Waals surface area contributed by atoms with Gasteiger partial charge in [0, 0.05) is 10.6 Å². The molecule has 6 nitrogen and oxygen atoms in total. The second kappa shape index (κ2) is 6.82. The zero-order valence-electron chi connectivity index (χ0n) is 10.6. The van der Waals surface area contributed by atoms with Gasteiger partial charge in [0.15, 0.2) is 6.29 Å². The number of aliphatic hydroxyl groups excluding tert-OH is 4. The maximum atomic E-state index is 9.95. The highest BCUT2D eigenvalue weighted by molar-refractivity contribution is 6.31. The number of benzene rings is 1. The van der Waals surface area contributed by atoms with E-state index >= 15 is 0 Å². The molecule has 1 aromatic carbocycles. The van der Waals surface area contributed by atoms with Gasteiger partial charge in [0.25, 0.3) is 0 Å². The molecule has 4 N–H and O–H groups in total. The number of hydrogen-bond donors (Lipinski definition) is 4. The van der Waals surface area contributed by atoms with Crippen molar-refractivity contribution < 1.29 is 29.9 Å². The largest absolute Gasteiger partial charge is 0.394 e. The van der Waals surface area contributed by atoms with Crippen molar-refractivity contribution in [1.29, 1.82) is 0 Å². The van der Waals surface area contributed by atoms with E-state index in [4.69, 9.17) is 26.2 Å². The van der Waals surface area contributed by atoms with Crippen LogP contribution in [0.2, 0.25) is 5.02 Å². The van der Waals surface area contributed by atoms with E-state index in [1.165, 1.54) is 0 Å². The third kappa shape index (κ3) is 3.12. The Bertz CT molecular complexity index is 443. The van der Waals surface area contributed by atoms with Gasteiger partial charge >= 0.3 is 0 Å². The fraction of sp³-hybridized carbons (Fsp3) is 0.538. The van der Waals surface area contributed by atoms with Crippen molar-refractivity contribution in [3.8, 4) is 0 Å². The molecule has 1 heterocycles. The molecule has 5 atom stereocenters. The van der Waals surface area contributed by atoms with Gasteiger partial charge in [-0.25, -0.2) is 0 Å². The van der Waals surface area contributed by atoms with E-state index < -0.39 is 43.9 Å². The van der Waals surface area contributed by atoms with Crippen molar-refractivity contribution >= 4 is 11.6 Å². The van der Waals surface area contributed by atoms with E-state index in [-0.39, 0.29) is 0 Å². The van der Waals surface area contributed by atoms with Crippen LogP contribution in [0.1, 0.15) is 11.9 Å². The van der Waals surface area contributed by atoms with Crippen molar-refractivity contribution in [2.45, 2.75) is 30.7 Å². The van der Waals surface area contributed by atoms with E-state index in [1.54, 1.807) is 24.3 Å². The molecular weight excluding hydrogens is 288 g/mol. The third-order valence-electron chi connectivity index (χ3n) is 3.20. The van der Waals surface area contributed by atoms with Crippen molar-refractivity contribution in [1.82, 2.24) is 0 Å². The maximum absolute atomic E-state index is 9.95. The van der Waals surface area contributed by atoms with E-state index in [0.717, 1.165) is 0 Å². The SMILES string of the molecule is OC[C@H](O)[C@@H]1OC(c2ccccc2Cl)O[C@H](CO)[C@@H]1O. The summed E-state index contributed by atoms with van der Waals surface area (Å²) in [4.78, 5) is 0. The summed E-state index contributed by atoms with van der Waals surface area (Å²) in [5.74, 6) is 0. The fourth-order valence-corrected chi connectivity index (χ4v) is 2.32. The molecule has 0 radical (unpaired) electrons. The monoisotopic (exact) mass is 304 g/mol. The van der Waals surface area contributed by atoms with Crippen LogP contribution in [0.4, 0.5) is 0 Å². The Hall–Kier alpha value is -0.730. The Morgan fingerprint density at radius 1 is 1.20 bits per heavy atom. The zero-order chi connectivity index (χ0) is 14.7. The molecule has 1 aliphatic rings. The normalized spacial score (nSPS) is 32.0. The highest BCUT2D eigenvalue weighted by atomic mass is 35.5. The van der Waals surface area contributed by atoms with Gasteiger partial charge in [0.1, 0.15) is 24.4 Å². The van der Waals surface area contributed by atoms with Gasteiger partial charge in [-0.05, 0) is 6.07 Å². The van der Waals surface area contributed by atoms with Gasteiger partial charge < -0.3 is 29.9 Å². The molecule has 112 valence electrons. The summed E-state index contributed by atoms with van der Waals surface area (Å²) < 4.78 is 10.9. The lowest BCUT2D eigenvalue weighted by atomic mass is 10.0. The lowest BCUT2D eigenvalue weighted by Crippen LogP contribution is -2.54. The molecule has 7 heteroatoms. The highest BCUT2D eigenvalue weighted by Gasteiger charge is 2.42. The Labute approximate surface area is 121 Å². The van der Waals surface area contributed by atoms with Crippen LogP contribution in [0, 0.1) is 0 Å². The first kappa shape index (κ1) is 15.7. The third-order valence-corrected chi connectivity index (χ3v) is 3.55. The van der Waals surface area contributed by atoms with Crippen LogP contribution >= 0.6 is 11.6 Å². The summed E-state index contributed by atoms with van der Waals surface area (Å²) in [6.07, 6.45) is -5.48. The smallest absolute Gasteiger partial charge is 0.186 e. The van der Waals surface area contributed by atoms with Gasteiger partial charge in [-0.3, -0.25) is 0 Å². The van der Waals surface area contributed by atoms with Crippen molar-refractivity contribution in [2.75, 3.05) is 13.2 Å². The van der Waals surface area contributed by atoms with Crippen LogP contribution in [0.3, 0.4) is 0 Å². The molecule has 0 spiro atoms. The topological polar surface area (TPSA) is 99.4 Å². The van der Waals surface area contributed by atoms with Gasteiger partial charge in [0.2, 0.25) is 0 Å². The first-order chi connectivity index (χ1) is 9.58. The minimum absolute atomic E-state index is 0.405. The van der Waals surface area contributed by atoms with Gasteiger partial charge in [0.05, 0.1) is 13.2 Å². The lowest BCUT2D eigenvalue weighted by molar-refractivity contribution is -0.310. The second-order valence-electron chi connectivity index (χ2n) is 4.55. The number of rotatable bonds is 4. The van der Waals surface area contributed by atoms with Crippen molar-refractivity contribution in [2.24, 2.45) is 0 Å². The molecule has 0 bridgehead atoms. The van der Waals surface area contributed by atoms with Crippen LogP contribution in [-0.4, -0.2) is 58.1 Å². The molecule has 1 fully saturated rings. The number of halogens is 1. The Kier molecular flexibility index (Phi) is 5.34. The van der Waals surface area contributed by atoms with Gasteiger partial charge in [-0.1, -0.05) is 29.8 Å². The predicted octanol–water partition coefficient (Wildman–Crippen LogP) is -0.171. The van der Waals surface area contributed by atoms with E-state index in [0.29, 0.717) is 10.6 Å². The summed E-state index contributed by atoms with van der Waals surface area (Å²) in [7, 11) is 0. The number of ether oxygens (including phenoxy) is 2. The molecule has 1 aliphatic heterocycles. The van der Waals surface area contributed by atoms with Gasteiger partial charge in [-0.15, -0.1) is 0 Å². The van der Waals surface area contributed by atoms with Crippen molar-refractivity contribution in [3.63, 3.8) is 0 Å². The molecule has 1 aromatic rings. The maximum Gasteiger partial charge on any atom is 0.186 e. The van der Waals surface area contributed by atoms with Crippen LogP contribution in [0.25, 0.3) is 0 Å². The van der Waals surface area contributed by atoms with Crippen LogP contribution < -0.4 is 0 Å². The molecule has 1 saturated heterocycles. The molecule has 0 aromatic heterocycles. The summed E-state index contributed by atoms with van der Waals surface area (Å²) >= 11 is 6.05. The average Bonchev–Trinajstić information content (AvgIpc) is 2.47. The minimum atomic E-state index is -1.28. The van der Waals surface area contributed by atoms with Gasteiger partial charge in [-0.2, -0.15) is 0 Å². The Morgan fingerprint density at radius 3 is 2.50 bits per heavy atom. The molecule has 0 amide bonds. The quantitative estimate of drug-likeness (QED) is 0.616. The number of aliphatic hydroxyl groups is 4. The summed E-state index contributed by atoms with van der Waals surface area (Å²) in [6.45, 7) is -1.02. The number of hydrogen-bond acceptors (Lipinski definition) is 6. The first-order valence-electron chi connectivity index (χ1n) is 6.21. The standard InChI is InChI=1S/C13H17ClO6/c14-8-4-2-1-3-7(8)13-19-10(6-16)11(18)12(20-13)9(17)5-15/h1-4,9-13,15-18H,5-6H2/t9-,10+,11-,12-,13?/m0/s1. The summed E-state index contributed by atoms with van der Waals surface area (Å²) in [5.41, 5.74) is 0.523. The van der Waals surface area contributed by atoms with E-state index in [1.807, 2.05) is 0 Å². The molecule has 0 saturated carbocycles. The Morgan fingerprint density at radius 2 is 1.90 bits per heavy atom.